The Balaban J connectivity index is 1.65. The number of carbonyl (C=O) groups is 2. The monoisotopic (exact) mass is 439 g/mol. The third-order valence-corrected chi connectivity index (χ3v) is 5.39. The van der Waals surface area contributed by atoms with Crippen LogP contribution in [0.15, 0.2) is 36.7 Å². The van der Waals surface area contributed by atoms with E-state index in [1.165, 1.54) is 6.20 Å². The molecule has 10 heteroatoms. The molecule has 3 aromatic rings. The molecule has 0 atom stereocenters. The first-order chi connectivity index (χ1) is 14.9. The van der Waals surface area contributed by atoms with Gasteiger partial charge >= 0.3 is 0 Å². The largest absolute Gasteiger partial charge is 0.354 e. The van der Waals surface area contributed by atoms with E-state index < -0.39 is 0 Å². The number of hydrogen-bond acceptors (Lipinski definition) is 6. The second-order valence-corrected chi connectivity index (χ2v) is 7.67. The van der Waals surface area contributed by atoms with E-state index in [2.05, 4.69) is 26.0 Å². The highest BCUT2D eigenvalue weighted by Gasteiger charge is 2.25. The van der Waals surface area contributed by atoms with Crippen molar-refractivity contribution in [3.05, 3.63) is 58.5 Å². The van der Waals surface area contributed by atoms with Crippen LogP contribution in [0.2, 0.25) is 5.02 Å². The number of nitrogens with zero attached hydrogens (tertiary/aromatic N) is 4. The van der Waals surface area contributed by atoms with Gasteiger partial charge in [-0.25, -0.2) is 4.98 Å². The van der Waals surface area contributed by atoms with Gasteiger partial charge in [-0.05, 0) is 18.1 Å². The zero-order valence-corrected chi connectivity index (χ0v) is 18.1. The normalized spacial score (nSPS) is 13.0. The zero-order chi connectivity index (χ0) is 22.1. The molecular formula is C21H22ClN7O2. The van der Waals surface area contributed by atoms with Crippen molar-refractivity contribution >= 4 is 46.3 Å². The van der Waals surface area contributed by atoms with Gasteiger partial charge in [0.25, 0.3) is 11.8 Å². The number of anilines is 4. The molecule has 1 aliphatic heterocycles. The van der Waals surface area contributed by atoms with Crippen molar-refractivity contribution in [2.24, 2.45) is 7.05 Å². The molecule has 4 rings (SSSR count). The lowest BCUT2D eigenvalue weighted by molar-refractivity contribution is 0.0781. The number of likely N-dealkylation sites (N-methyl/N-ethyl adjacent to an activating group) is 1. The average Bonchev–Trinajstić information content (AvgIpc) is 3.12. The Morgan fingerprint density at radius 1 is 1.16 bits per heavy atom. The number of pyridine rings is 1. The fourth-order valence-electron chi connectivity index (χ4n) is 3.50. The zero-order valence-electron chi connectivity index (χ0n) is 17.4. The summed E-state index contributed by atoms with van der Waals surface area (Å²) in [5.41, 5.74) is 3.67. The number of fused-ring (bicyclic) bond motifs is 1. The van der Waals surface area contributed by atoms with Gasteiger partial charge in [0.2, 0.25) is 0 Å². The van der Waals surface area contributed by atoms with Gasteiger partial charge in [-0.2, -0.15) is 5.10 Å². The topological polar surface area (TPSA) is 104 Å². The maximum Gasteiger partial charge on any atom is 0.273 e. The summed E-state index contributed by atoms with van der Waals surface area (Å²) in [6.07, 6.45) is 3.99. The van der Waals surface area contributed by atoms with E-state index in [1.54, 1.807) is 43.0 Å². The van der Waals surface area contributed by atoms with E-state index in [0.29, 0.717) is 40.0 Å². The van der Waals surface area contributed by atoms with E-state index in [9.17, 15) is 9.59 Å². The van der Waals surface area contributed by atoms with Crippen molar-refractivity contribution in [2.45, 2.75) is 6.42 Å². The maximum absolute atomic E-state index is 12.7. The minimum atomic E-state index is -0.311. The van der Waals surface area contributed by atoms with Crippen LogP contribution in [0.25, 0.3) is 0 Å². The Morgan fingerprint density at radius 2 is 1.97 bits per heavy atom. The quantitative estimate of drug-likeness (QED) is 0.564. The van der Waals surface area contributed by atoms with Crippen molar-refractivity contribution in [1.82, 2.24) is 25.0 Å². The van der Waals surface area contributed by atoms with Crippen molar-refractivity contribution in [2.75, 3.05) is 31.3 Å². The van der Waals surface area contributed by atoms with Crippen LogP contribution in [0.4, 0.5) is 22.9 Å². The lowest BCUT2D eigenvalue weighted by atomic mass is 9.97. The summed E-state index contributed by atoms with van der Waals surface area (Å²) in [5, 5.41) is 13.5. The van der Waals surface area contributed by atoms with Crippen LogP contribution in [-0.4, -0.2) is 52.1 Å². The molecule has 3 N–H and O–H groups in total. The number of amides is 2. The molecule has 0 unspecified atom stereocenters. The van der Waals surface area contributed by atoms with Crippen LogP contribution in [0, 0.1) is 0 Å². The lowest BCUT2D eigenvalue weighted by Gasteiger charge is -2.27. The standard InChI is InChI=1S/C21H22ClN7O2/c1-23-20(30)19-16(11-29(3)27-19)26-17-9-15(13(22)10-24-17)25-14-6-4-5-12-7-8-28(2)21(31)18(12)14/h4-6,9-11H,7-8H2,1-3H3,(H,23,30)(H2,24,25,26). The number of rotatable bonds is 5. The molecule has 9 nitrogen and oxygen atoms in total. The highest BCUT2D eigenvalue weighted by Crippen LogP contribution is 2.32. The number of nitrogens with one attached hydrogen (secondary N) is 3. The highest BCUT2D eigenvalue weighted by molar-refractivity contribution is 6.33. The number of hydrogen-bond donors (Lipinski definition) is 3. The van der Waals surface area contributed by atoms with Gasteiger partial charge in [-0.3, -0.25) is 14.3 Å². The number of benzene rings is 1. The summed E-state index contributed by atoms with van der Waals surface area (Å²) in [6, 6.07) is 7.46. The van der Waals surface area contributed by atoms with Crippen molar-refractivity contribution in [1.29, 1.82) is 0 Å². The first kappa shape index (κ1) is 20.7. The third-order valence-electron chi connectivity index (χ3n) is 5.09. The first-order valence-electron chi connectivity index (χ1n) is 9.70. The summed E-state index contributed by atoms with van der Waals surface area (Å²) in [4.78, 5) is 30.8. The number of halogens is 1. The van der Waals surface area contributed by atoms with Crippen LogP contribution in [0.5, 0.6) is 0 Å². The molecule has 0 radical (unpaired) electrons. The summed E-state index contributed by atoms with van der Waals surface area (Å²) < 4.78 is 1.54. The highest BCUT2D eigenvalue weighted by atomic mass is 35.5. The summed E-state index contributed by atoms with van der Waals surface area (Å²) >= 11 is 6.38. The summed E-state index contributed by atoms with van der Waals surface area (Å²) in [7, 11) is 5.07. The molecule has 160 valence electrons. The molecule has 0 spiro atoms. The van der Waals surface area contributed by atoms with Crippen molar-refractivity contribution in [3.8, 4) is 0 Å². The van der Waals surface area contributed by atoms with E-state index in [4.69, 9.17) is 11.6 Å². The van der Waals surface area contributed by atoms with Gasteiger partial charge in [-0.1, -0.05) is 23.7 Å². The molecule has 1 aliphatic rings. The number of aryl methyl sites for hydroxylation is 1. The summed E-state index contributed by atoms with van der Waals surface area (Å²) in [6.45, 7) is 0.693. The molecule has 1 aromatic carbocycles. The molecule has 0 bridgehead atoms. The molecule has 0 saturated heterocycles. The van der Waals surface area contributed by atoms with Crippen LogP contribution in [0.3, 0.4) is 0 Å². The lowest BCUT2D eigenvalue weighted by Crippen LogP contribution is -2.34. The van der Waals surface area contributed by atoms with Crippen LogP contribution in [0.1, 0.15) is 26.4 Å². The SMILES string of the molecule is CNC(=O)c1nn(C)cc1Nc1cc(Nc2cccc3c2C(=O)N(C)CC3)c(Cl)cn1. The van der Waals surface area contributed by atoms with Gasteiger partial charge in [0.15, 0.2) is 5.69 Å². The first-order valence-corrected chi connectivity index (χ1v) is 10.1. The number of aromatic nitrogens is 3. The Kier molecular flexibility index (Phi) is 5.51. The van der Waals surface area contributed by atoms with Gasteiger partial charge in [0.1, 0.15) is 5.82 Å². The van der Waals surface area contributed by atoms with Crippen molar-refractivity contribution < 1.29 is 9.59 Å². The minimum Gasteiger partial charge on any atom is -0.354 e. The third kappa shape index (κ3) is 4.04. The number of carbonyl (C=O) groups excluding carboxylic acids is 2. The Morgan fingerprint density at radius 3 is 2.74 bits per heavy atom. The van der Waals surface area contributed by atoms with Gasteiger partial charge in [0.05, 0.1) is 33.8 Å². The molecule has 0 aliphatic carbocycles. The van der Waals surface area contributed by atoms with Crippen LogP contribution in [-0.2, 0) is 13.5 Å². The smallest absolute Gasteiger partial charge is 0.273 e. The fourth-order valence-corrected chi connectivity index (χ4v) is 3.65. The Bertz CT molecular complexity index is 1170. The summed E-state index contributed by atoms with van der Waals surface area (Å²) in [5.74, 6) is 0.130. The Hall–Kier alpha value is -3.59. The van der Waals surface area contributed by atoms with Gasteiger partial charge < -0.3 is 20.9 Å². The van der Waals surface area contributed by atoms with E-state index >= 15 is 0 Å². The molecule has 2 amide bonds. The molecular weight excluding hydrogens is 418 g/mol. The molecule has 0 saturated carbocycles. The fraction of sp³-hybridized carbons (Fsp3) is 0.238. The average molecular weight is 440 g/mol. The van der Waals surface area contributed by atoms with Crippen molar-refractivity contribution in [3.63, 3.8) is 0 Å². The van der Waals surface area contributed by atoms with E-state index in [0.717, 1.165) is 12.0 Å². The second kappa shape index (κ2) is 8.27. The second-order valence-electron chi connectivity index (χ2n) is 7.26. The van der Waals surface area contributed by atoms with Crippen LogP contribution < -0.4 is 16.0 Å². The molecule has 3 heterocycles. The van der Waals surface area contributed by atoms with Gasteiger partial charge in [-0.15, -0.1) is 0 Å². The minimum absolute atomic E-state index is 0.0292. The predicted octanol–water partition coefficient (Wildman–Crippen LogP) is 2.94. The van der Waals surface area contributed by atoms with Crippen LogP contribution >= 0.6 is 11.6 Å². The van der Waals surface area contributed by atoms with E-state index in [1.807, 2.05) is 18.2 Å². The molecule has 31 heavy (non-hydrogen) atoms. The maximum atomic E-state index is 12.7. The molecule has 0 fully saturated rings. The van der Waals surface area contributed by atoms with Gasteiger partial charge in [0, 0.05) is 40.0 Å². The predicted molar refractivity (Wildman–Crippen MR) is 120 cm³/mol. The Labute approximate surface area is 184 Å². The molecule has 2 aromatic heterocycles. The van der Waals surface area contributed by atoms with E-state index in [-0.39, 0.29) is 17.5 Å².